The van der Waals surface area contributed by atoms with E-state index >= 15 is 0 Å². The highest BCUT2D eigenvalue weighted by Gasteiger charge is 2.08. The lowest BCUT2D eigenvalue weighted by atomic mass is 10.1. The van der Waals surface area contributed by atoms with E-state index < -0.39 is 0 Å². The molecule has 0 saturated carbocycles. The van der Waals surface area contributed by atoms with Crippen LogP contribution in [0.2, 0.25) is 0 Å². The Morgan fingerprint density at radius 1 is 1.31 bits per heavy atom. The Hall–Kier alpha value is -1.02. The number of hydrogen-bond donors (Lipinski definition) is 0. The first kappa shape index (κ1) is 10.1. The monoisotopic (exact) mass is 180 g/mol. The van der Waals surface area contributed by atoms with Gasteiger partial charge in [-0.3, -0.25) is 0 Å². The third-order valence-electron chi connectivity index (χ3n) is 2.01. The molecule has 0 N–H and O–H groups in total. The summed E-state index contributed by atoms with van der Waals surface area (Å²) in [6, 6.07) is 7.96. The summed E-state index contributed by atoms with van der Waals surface area (Å²) in [6.07, 6.45) is 0.0859. The molecule has 1 unspecified atom stereocenters. The summed E-state index contributed by atoms with van der Waals surface area (Å²) in [7, 11) is 1.70. The second kappa shape index (κ2) is 4.87. The summed E-state index contributed by atoms with van der Waals surface area (Å²) in [5, 5.41) is 0. The third kappa shape index (κ3) is 2.46. The summed E-state index contributed by atoms with van der Waals surface area (Å²) in [5.74, 6) is 0.916. The third-order valence-corrected chi connectivity index (χ3v) is 2.01. The van der Waals surface area contributed by atoms with Gasteiger partial charge in [-0.05, 0) is 19.9 Å². The Morgan fingerprint density at radius 2 is 2.00 bits per heavy atom. The molecular weight excluding hydrogens is 164 g/mol. The van der Waals surface area contributed by atoms with Crippen LogP contribution in [0.1, 0.15) is 25.5 Å². The maximum absolute atomic E-state index is 5.48. The molecule has 1 aromatic rings. The van der Waals surface area contributed by atoms with Gasteiger partial charge in [-0.1, -0.05) is 18.2 Å². The zero-order chi connectivity index (χ0) is 9.68. The minimum absolute atomic E-state index is 0.0859. The maximum Gasteiger partial charge on any atom is 0.125 e. The van der Waals surface area contributed by atoms with Crippen molar-refractivity contribution in [2.45, 2.75) is 20.0 Å². The Bertz CT molecular complexity index is 258. The van der Waals surface area contributed by atoms with Crippen LogP contribution in [0, 0.1) is 0 Å². The molecule has 1 aromatic carbocycles. The lowest BCUT2D eigenvalue weighted by Gasteiger charge is -2.14. The van der Waals surface area contributed by atoms with Crippen LogP contribution in [-0.4, -0.2) is 13.7 Å². The molecule has 0 bridgehead atoms. The van der Waals surface area contributed by atoms with Crippen LogP contribution in [0.3, 0.4) is 0 Å². The molecule has 0 heterocycles. The fourth-order valence-electron chi connectivity index (χ4n) is 1.23. The summed E-state index contributed by atoms with van der Waals surface area (Å²) >= 11 is 0. The minimum Gasteiger partial charge on any atom is -0.493 e. The van der Waals surface area contributed by atoms with Gasteiger partial charge in [0.25, 0.3) is 0 Å². The van der Waals surface area contributed by atoms with E-state index in [1.807, 2.05) is 38.1 Å². The Balaban J connectivity index is 2.90. The van der Waals surface area contributed by atoms with E-state index in [-0.39, 0.29) is 6.10 Å². The predicted molar refractivity (Wildman–Crippen MR) is 53.0 cm³/mol. The van der Waals surface area contributed by atoms with Gasteiger partial charge in [0.1, 0.15) is 5.75 Å². The van der Waals surface area contributed by atoms with Gasteiger partial charge in [0.2, 0.25) is 0 Å². The van der Waals surface area contributed by atoms with Gasteiger partial charge >= 0.3 is 0 Å². The fourth-order valence-corrected chi connectivity index (χ4v) is 1.23. The number of benzene rings is 1. The van der Waals surface area contributed by atoms with Gasteiger partial charge in [0.05, 0.1) is 12.7 Å². The highest BCUT2D eigenvalue weighted by atomic mass is 16.5. The number of hydrogen-bond acceptors (Lipinski definition) is 2. The molecule has 0 aliphatic carbocycles. The minimum atomic E-state index is 0.0859. The Kier molecular flexibility index (Phi) is 3.77. The van der Waals surface area contributed by atoms with Crippen LogP contribution in [0.5, 0.6) is 5.75 Å². The molecule has 0 saturated heterocycles. The van der Waals surface area contributed by atoms with E-state index in [0.29, 0.717) is 6.61 Å². The van der Waals surface area contributed by atoms with Crippen molar-refractivity contribution < 1.29 is 9.47 Å². The van der Waals surface area contributed by atoms with E-state index in [0.717, 1.165) is 11.3 Å². The van der Waals surface area contributed by atoms with Crippen LogP contribution in [0.15, 0.2) is 24.3 Å². The van der Waals surface area contributed by atoms with Crippen LogP contribution < -0.4 is 4.74 Å². The lowest BCUT2D eigenvalue weighted by Crippen LogP contribution is -2.01. The summed E-state index contributed by atoms with van der Waals surface area (Å²) in [5.41, 5.74) is 1.10. The molecule has 0 aliphatic rings. The zero-order valence-corrected chi connectivity index (χ0v) is 8.41. The molecule has 0 aromatic heterocycles. The first-order chi connectivity index (χ1) is 6.29. The van der Waals surface area contributed by atoms with Crippen molar-refractivity contribution in [2.24, 2.45) is 0 Å². The first-order valence-corrected chi connectivity index (χ1v) is 4.54. The zero-order valence-electron chi connectivity index (χ0n) is 8.41. The topological polar surface area (TPSA) is 18.5 Å². The van der Waals surface area contributed by atoms with Crippen molar-refractivity contribution in [1.82, 2.24) is 0 Å². The van der Waals surface area contributed by atoms with E-state index in [9.17, 15) is 0 Å². The van der Waals surface area contributed by atoms with Crippen molar-refractivity contribution in [1.29, 1.82) is 0 Å². The van der Waals surface area contributed by atoms with Gasteiger partial charge in [0.15, 0.2) is 0 Å². The summed E-state index contributed by atoms with van der Waals surface area (Å²) in [6.45, 7) is 4.68. The number of methoxy groups -OCH3 is 1. The van der Waals surface area contributed by atoms with Crippen LogP contribution in [0.4, 0.5) is 0 Å². The Morgan fingerprint density at radius 3 is 2.62 bits per heavy atom. The smallest absolute Gasteiger partial charge is 0.125 e. The molecule has 2 heteroatoms. The molecule has 1 rings (SSSR count). The van der Waals surface area contributed by atoms with Gasteiger partial charge in [-0.15, -0.1) is 0 Å². The van der Waals surface area contributed by atoms with Crippen LogP contribution >= 0.6 is 0 Å². The van der Waals surface area contributed by atoms with Gasteiger partial charge in [-0.25, -0.2) is 0 Å². The van der Waals surface area contributed by atoms with Crippen LogP contribution in [0.25, 0.3) is 0 Å². The number of ether oxygens (including phenoxy) is 2. The second-order valence-electron chi connectivity index (χ2n) is 2.85. The van der Waals surface area contributed by atoms with E-state index in [1.54, 1.807) is 7.11 Å². The molecule has 0 aliphatic heterocycles. The summed E-state index contributed by atoms with van der Waals surface area (Å²) in [4.78, 5) is 0. The number of para-hydroxylation sites is 1. The van der Waals surface area contributed by atoms with E-state index in [2.05, 4.69) is 0 Å². The van der Waals surface area contributed by atoms with Gasteiger partial charge in [0, 0.05) is 12.7 Å². The molecule has 72 valence electrons. The van der Waals surface area contributed by atoms with Gasteiger partial charge < -0.3 is 9.47 Å². The molecule has 0 radical (unpaired) electrons. The molecule has 1 atom stereocenters. The van der Waals surface area contributed by atoms with Crippen molar-refractivity contribution in [3.05, 3.63) is 29.8 Å². The largest absolute Gasteiger partial charge is 0.493 e. The standard InChI is InChI=1S/C11H16O2/c1-4-13-11-8-6-5-7-10(11)9(2)12-3/h5-9H,4H2,1-3H3. The Labute approximate surface area is 79.5 Å². The van der Waals surface area contributed by atoms with Crippen molar-refractivity contribution in [3.8, 4) is 5.75 Å². The quantitative estimate of drug-likeness (QED) is 0.709. The maximum atomic E-state index is 5.48. The van der Waals surface area contributed by atoms with Crippen molar-refractivity contribution in [2.75, 3.05) is 13.7 Å². The fraction of sp³-hybridized carbons (Fsp3) is 0.455. The van der Waals surface area contributed by atoms with E-state index in [4.69, 9.17) is 9.47 Å². The molecule has 2 nitrogen and oxygen atoms in total. The average Bonchev–Trinajstić information content (AvgIpc) is 2.18. The molecule has 0 fully saturated rings. The highest BCUT2D eigenvalue weighted by molar-refractivity contribution is 5.34. The van der Waals surface area contributed by atoms with Crippen molar-refractivity contribution >= 4 is 0 Å². The lowest BCUT2D eigenvalue weighted by molar-refractivity contribution is 0.116. The molecular formula is C11H16O2. The normalized spacial score (nSPS) is 12.5. The first-order valence-electron chi connectivity index (χ1n) is 4.54. The number of rotatable bonds is 4. The molecule has 13 heavy (non-hydrogen) atoms. The average molecular weight is 180 g/mol. The van der Waals surface area contributed by atoms with Crippen molar-refractivity contribution in [3.63, 3.8) is 0 Å². The van der Waals surface area contributed by atoms with Crippen LogP contribution in [-0.2, 0) is 4.74 Å². The predicted octanol–water partition coefficient (Wildman–Crippen LogP) is 2.79. The summed E-state index contributed by atoms with van der Waals surface area (Å²) < 4.78 is 10.7. The highest BCUT2D eigenvalue weighted by Crippen LogP contribution is 2.26. The van der Waals surface area contributed by atoms with E-state index in [1.165, 1.54) is 0 Å². The second-order valence-corrected chi connectivity index (χ2v) is 2.85. The molecule has 0 amide bonds. The molecule has 0 spiro atoms. The SMILES string of the molecule is CCOc1ccccc1C(C)OC. The van der Waals surface area contributed by atoms with Gasteiger partial charge in [-0.2, -0.15) is 0 Å².